The predicted octanol–water partition coefficient (Wildman–Crippen LogP) is 2.41. The van der Waals surface area contributed by atoms with Crippen LogP contribution in [0.5, 0.6) is 0 Å². The number of imidazole rings is 1. The SMILES string of the molecule is COC1(C)CN(C/C=C/C(=O)N2CCn3c(C(=O)Nc4ccccc4Cl)cnc3C2)C1. The van der Waals surface area contributed by atoms with Crippen molar-refractivity contribution in [2.45, 2.75) is 25.6 Å². The van der Waals surface area contributed by atoms with E-state index in [2.05, 4.69) is 22.1 Å². The minimum Gasteiger partial charge on any atom is -0.376 e. The molecule has 0 unspecified atom stereocenters. The van der Waals surface area contributed by atoms with Crippen LogP contribution in [0.4, 0.5) is 5.69 Å². The summed E-state index contributed by atoms with van der Waals surface area (Å²) >= 11 is 6.13. The third-order valence-corrected chi connectivity index (χ3v) is 6.09. The van der Waals surface area contributed by atoms with Gasteiger partial charge in [-0.2, -0.15) is 0 Å². The molecular weight excluding hydrogens is 418 g/mol. The molecule has 2 amide bonds. The molecule has 0 aliphatic carbocycles. The lowest BCUT2D eigenvalue weighted by Gasteiger charge is -2.46. The minimum atomic E-state index is -0.274. The van der Waals surface area contributed by atoms with E-state index in [0.29, 0.717) is 41.9 Å². The van der Waals surface area contributed by atoms with Crippen molar-refractivity contribution in [1.29, 1.82) is 0 Å². The number of carbonyl (C=O) groups excluding carboxylic acids is 2. The number of hydrogen-bond donors (Lipinski definition) is 1. The van der Waals surface area contributed by atoms with Gasteiger partial charge in [0.2, 0.25) is 5.91 Å². The fourth-order valence-electron chi connectivity index (χ4n) is 3.94. The monoisotopic (exact) mass is 443 g/mol. The van der Waals surface area contributed by atoms with Gasteiger partial charge in [-0.25, -0.2) is 4.98 Å². The van der Waals surface area contributed by atoms with Crippen LogP contribution in [-0.2, 0) is 22.6 Å². The number of carbonyl (C=O) groups is 2. The molecule has 164 valence electrons. The van der Waals surface area contributed by atoms with Gasteiger partial charge in [-0.05, 0) is 19.1 Å². The highest BCUT2D eigenvalue weighted by molar-refractivity contribution is 6.33. The van der Waals surface area contributed by atoms with Crippen molar-refractivity contribution in [1.82, 2.24) is 19.4 Å². The normalized spacial score (nSPS) is 18.0. The molecule has 8 nitrogen and oxygen atoms in total. The standard InChI is InChI=1S/C22H26ClN5O3/c1-22(31-2)14-26(15-22)9-5-8-20(29)27-10-11-28-18(12-24-19(28)13-27)21(30)25-17-7-4-3-6-16(17)23/h3-8,12H,9-11,13-15H2,1-2H3,(H,25,30)/b8-5+. The lowest BCUT2D eigenvalue weighted by molar-refractivity contribution is -0.127. The summed E-state index contributed by atoms with van der Waals surface area (Å²) in [5.74, 6) is 0.367. The molecule has 1 aromatic carbocycles. The van der Waals surface area contributed by atoms with Gasteiger partial charge in [0.25, 0.3) is 5.91 Å². The Balaban J connectivity index is 1.33. The zero-order valence-corrected chi connectivity index (χ0v) is 18.4. The molecule has 2 aliphatic heterocycles. The Kier molecular flexibility index (Phi) is 6.13. The van der Waals surface area contributed by atoms with Crippen molar-refractivity contribution < 1.29 is 14.3 Å². The summed E-state index contributed by atoms with van der Waals surface area (Å²) in [7, 11) is 1.73. The van der Waals surface area contributed by atoms with Gasteiger partial charge < -0.3 is 19.5 Å². The number of anilines is 1. The molecule has 2 aliphatic rings. The van der Waals surface area contributed by atoms with Crippen LogP contribution < -0.4 is 5.32 Å². The van der Waals surface area contributed by atoms with E-state index in [-0.39, 0.29) is 17.4 Å². The van der Waals surface area contributed by atoms with E-state index < -0.39 is 0 Å². The third-order valence-electron chi connectivity index (χ3n) is 5.76. The van der Waals surface area contributed by atoms with Gasteiger partial charge in [0.1, 0.15) is 11.5 Å². The molecule has 1 fully saturated rings. The quantitative estimate of drug-likeness (QED) is 0.693. The number of nitrogens with one attached hydrogen (secondary N) is 1. The Morgan fingerprint density at radius 3 is 2.81 bits per heavy atom. The number of fused-ring (bicyclic) bond motifs is 1. The highest BCUT2D eigenvalue weighted by Crippen LogP contribution is 2.24. The number of ether oxygens (including phenoxy) is 1. The molecule has 1 aromatic heterocycles. The second-order valence-electron chi connectivity index (χ2n) is 8.13. The number of likely N-dealkylation sites (tertiary alicyclic amines) is 1. The maximum atomic E-state index is 12.7. The summed E-state index contributed by atoms with van der Waals surface area (Å²) in [6.45, 7) is 5.93. The van der Waals surface area contributed by atoms with Crippen LogP contribution in [0.3, 0.4) is 0 Å². The molecule has 1 saturated heterocycles. The van der Waals surface area contributed by atoms with Crippen molar-refractivity contribution in [2.75, 3.05) is 38.6 Å². The van der Waals surface area contributed by atoms with Gasteiger partial charge in [-0.3, -0.25) is 14.5 Å². The molecule has 0 saturated carbocycles. The van der Waals surface area contributed by atoms with Crippen LogP contribution in [-0.4, -0.2) is 70.1 Å². The van der Waals surface area contributed by atoms with Gasteiger partial charge in [0.15, 0.2) is 0 Å². The Morgan fingerprint density at radius 1 is 1.29 bits per heavy atom. The second-order valence-corrected chi connectivity index (χ2v) is 8.54. The first-order valence-electron chi connectivity index (χ1n) is 10.2. The highest BCUT2D eigenvalue weighted by atomic mass is 35.5. The van der Waals surface area contributed by atoms with Crippen LogP contribution in [0.25, 0.3) is 0 Å². The third kappa shape index (κ3) is 4.66. The number of amides is 2. The van der Waals surface area contributed by atoms with Gasteiger partial charge in [0, 0.05) is 45.9 Å². The second kappa shape index (κ2) is 8.82. The van der Waals surface area contributed by atoms with E-state index in [0.717, 1.165) is 19.6 Å². The zero-order valence-electron chi connectivity index (χ0n) is 17.7. The molecule has 1 N–H and O–H groups in total. The van der Waals surface area contributed by atoms with E-state index in [9.17, 15) is 9.59 Å². The van der Waals surface area contributed by atoms with Crippen LogP contribution in [0.15, 0.2) is 42.6 Å². The molecule has 2 aromatic rings. The summed E-state index contributed by atoms with van der Waals surface area (Å²) in [4.78, 5) is 33.6. The van der Waals surface area contributed by atoms with Crippen molar-refractivity contribution in [3.05, 3.63) is 59.2 Å². The van der Waals surface area contributed by atoms with Crippen molar-refractivity contribution in [2.24, 2.45) is 0 Å². The first-order valence-corrected chi connectivity index (χ1v) is 10.6. The summed E-state index contributed by atoms with van der Waals surface area (Å²) in [6.07, 6.45) is 5.05. The summed E-state index contributed by atoms with van der Waals surface area (Å²) < 4.78 is 7.28. The van der Waals surface area contributed by atoms with Gasteiger partial charge in [-0.1, -0.05) is 29.8 Å². The Hall–Kier alpha value is -2.68. The van der Waals surface area contributed by atoms with Gasteiger partial charge >= 0.3 is 0 Å². The molecule has 0 atom stereocenters. The minimum absolute atomic E-state index is 0.0497. The average Bonchev–Trinajstić information content (AvgIpc) is 3.17. The van der Waals surface area contributed by atoms with E-state index in [1.54, 1.807) is 42.5 Å². The largest absolute Gasteiger partial charge is 0.376 e. The molecule has 0 bridgehead atoms. The van der Waals surface area contributed by atoms with Crippen LogP contribution in [0.2, 0.25) is 5.02 Å². The number of hydrogen-bond acceptors (Lipinski definition) is 5. The molecule has 0 spiro atoms. The number of nitrogens with zero attached hydrogens (tertiary/aromatic N) is 4. The molecule has 9 heteroatoms. The van der Waals surface area contributed by atoms with E-state index >= 15 is 0 Å². The van der Waals surface area contributed by atoms with Crippen molar-refractivity contribution >= 4 is 29.1 Å². The van der Waals surface area contributed by atoms with Crippen molar-refractivity contribution in [3.63, 3.8) is 0 Å². The number of para-hydroxylation sites is 1. The van der Waals surface area contributed by atoms with Crippen LogP contribution in [0.1, 0.15) is 23.2 Å². The fraction of sp³-hybridized carbons (Fsp3) is 0.409. The molecular formula is C22H26ClN5O3. The number of aromatic nitrogens is 2. The fourth-order valence-corrected chi connectivity index (χ4v) is 4.13. The Labute approximate surface area is 186 Å². The number of halogens is 1. The Morgan fingerprint density at radius 2 is 2.06 bits per heavy atom. The van der Waals surface area contributed by atoms with Crippen LogP contribution >= 0.6 is 11.6 Å². The highest BCUT2D eigenvalue weighted by Gasteiger charge is 2.37. The van der Waals surface area contributed by atoms with E-state index in [4.69, 9.17) is 16.3 Å². The predicted molar refractivity (Wildman–Crippen MR) is 118 cm³/mol. The summed E-state index contributed by atoms with van der Waals surface area (Å²) in [5, 5.41) is 3.29. The van der Waals surface area contributed by atoms with Crippen molar-refractivity contribution in [3.8, 4) is 0 Å². The average molecular weight is 444 g/mol. The first kappa shape index (κ1) is 21.5. The smallest absolute Gasteiger partial charge is 0.273 e. The first-order chi connectivity index (χ1) is 14.9. The van der Waals surface area contributed by atoms with E-state index in [1.807, 2.05) is 16.7 Å². The number of rotatable bonds is 6. The zero-order chi connectivity index (χ0) is 22.0. The molecule has 4 rings (SSSR count). The lowest BCUT2D eigenvalue weighted by Crippen LogP contribution is -2.60. The number of benzene rings is 1. The van der Waals surface area contributed by atoms with E-state index in [1.165, 1.54) is 0 Å². The lowest BCUT2D eigenvalue weighted by atomic mass is 9.97. The van der Waals surface area contributed by atoms with Gasteiger partial charge in [-0.15, -0.1) is 0 Å². The topological polar surface area (TPSA) is 79.7 Å². The molecule has 0 radical (unpaired) electrons. The molecule has 3 heterocycles. The summed E-state index contributed by atoms with van der Waals surface area (Å²) in [6, 6.07) is 7.08. The summed E-state index contributed by atoms with van der Waals surface area (Å²) in [5.41, 5.74) is 0.935. The van der Waals surface area contributed by atoms with Gasteiger partial charge in [0.05, 0.1) is 29.1 Å². The number of methoxy groups -OCH3 is 1. The molecule has 31 heavy (non-hydrogen) atoms. The van der Waals surface area contributed by atoms with Crippen LogP contribution in [0, 0.1) is 0 Å². The Bertz CT molecular complexity index is 1010. The maximum absolute atomic E-state index is 12.7. The maximum Gasteiger partial charge on any atom is 0.273 e.